The second-order valence-electron chi connectivity index (χ2n) is 16.3. The summed E-state index contributed by atoms with van der Waals surface area (Å²) < 4.78 is 5.91. The van der Waals surface area contributed by atoms with Crippen LogP contribution in [0.5, 0.6) is 0 Å². The number of fused-ring (bicyclic) bond motifs is 7. The van der Waals surface area contributed by atoms with Gasteiger partial charge in [0.15, 0.2) is 5.78 Å². The smallest absolute Gasteiger partial charge is 0.309 e. The van der Waals surface area contributed by atoms with Gasteiger partial charge in [-0.2, -0.15) is 0 Å². The van der Waals surface area contributed by atoms with Crippen molar-refractivity contribution in [3.05, 3.63) is 11.6 Å². The Balaban J connectivity index is 1.49. The molecule has 0 spiro atoms. The fraction of sp³-hybridized carbons (Fsp3) is 0.824. The maximum absolute atomic E-state index is 14.5. The first-order valence-electron chi connectivity index (χ1n) is 15.7. The molecule has 0 radical (unpaired) electrons. The largest absolute Gasteiger partial charge is 0.481 e. The summed E-state index contributed by atoms with van der Waals surface area (Å²) in [6.07, 6.45) is 8.80. The summed E-state index contributed by atoms with van der Waals surface area (Å²) in [5.74, 6) is -1.87. The van der Waals surface area contributed by atoms with Crippen LogP contribution in [-0.2, 0) is 23.9 Å². The lowest BCUT2D eigenvalue weighted by Crippen LogP contribution is -2.66. The normalized spacial score (nSPS) is 46.6. The Bertz CT molecular complexity index is 1200. The van der Waals surface area contributed by atoms with Crippen molar-refractivity contribution in [1.82, 2.24) is 0 Å². The van der Waals surface area contributed by atoms with Gasteiger partial charge in [-0.15, -0.1) is 0 Å². The maximum atomic E-state index is 14.5. The van der Waals surface area contributed by atoms with Crippen LogP contribution >= 0.6 is 0 Å². The Morgan fingerprint density at radius 2 is 1.54 bits per heavy atom. The van der Waals surface area contributed by atoms with Crippen LogP contribution in [0.15, 0.2) is 11.6 Å². The van der Waals surface area contributed by atoms with Crippen LogP contribution < -0.4 is 0 Å². The van der Waals surface area contributed by atoms with Crippen LogP contribution in [0.25, 0.3) is 0 Å². The number of esters is 1. The van der Waals surface area contributed by atoms with Gasteiger partial charge in [0, 0.05) is 11.3 Å². The Labute approximate surface area is 244 Å². The zero-order valence-electron chi connectivity index (χ0n) is 26.1. The van der Waals surface area contributed by atoms with Gasteiger partial charge in [0.05, 0.1) is 18.3 Å². The third-order valence-corrected chi connectivity index (χ3v) is 13.8. The number of hydrogen-bond donors (Lipinski definition) is 2. The van der Waals surface area contributed by atoms with Crippen LogP contribution in [0.2, 0.25) is 0 Å². The lowest BCUT2D eigenvalue weighted by Gasteiger charge is -2.70. The van der Waals surface area contributed by atoms with Crippen molar-refractivity contribution < 1.29 is 34.1 Å². The van der Waals surface area contributed by atoms with E-state index >= 15 is 0 Å². The van der Waals surface area contributed by atoms with Crippen molar-refractivity contribution in [3.63, 3.8) is 0 Å². The highest BCUT2D eigenvalue weighted by Crippen LogP contribution is 2.75. The molecule has 41 heavy (non-hydrogen) atoms. The molecule has 0 aromatic rings. The average molecular weight is 571 g/mol. The van der Waals surface area contributed by atoms with Crippen LogP contribution in [0.1, 0.15) is 119 Å². The molecule has 4 fully saturated rings. The van der Waals surface area contributed by atoms with Crippen molar-refractivity contribution in [2.75, 3.05) is 0 Å². The Kier molecular flexibility index (Phi) is 6.95. The van der Waals surface area contributed by atoms with Crippen molar-refractivity contribution in [2.24, 2.45) is 50.2 Å². The van der Waals surface area contributed by atoms with Gasteiger partial charge in [0.1, 0.15) is 6.10 Å². The molecule has 0 saturated heterocycles. The minimum absolute atomic E-state index is 0.0233. The number of carboxylic acids is 2. The van der Waals surface area contributed by atoms with Crippen molar-refractivity contribution in [2.45, 2.75) is 125 Å². The topological polar surface area (TPSA) is 118 Å². The maximum Gasteiger partial charge on any atom is 0.309 e. The third-order valence-electron chi connectivity index (χ3n) is 13.8. The monoisotopic (exact) mass is 570 g/mol. The SMILES string of the molecule is CC1(C(=O)O)CC[C@]2(C)CC[C@]3(C)C(=CC(=O)[C@@H]4[C@@]5(C)CC[C@H](OC(=O)CCC(=O)O)C(C)(C)C5CC[C@]43C)[C@H]2C1. The highest BCUT2D eigenvalue weighted by molar-refractivity contribution is 5.95. The van der Waals surface area contributed by atoms with E-state index in [0.717, 1.165) is 38.5 Å². The predicted octanol–water partition coefficient (Wildman–Crippen LogP) is 6.83. The zero-order chi connectivity index (χ0) is 30.4. The van der Waals surface area contributed by atoms with Crippen LogP contribution in [0.4, 0.5) is 0 Å². The molecule has 0 bridgehead atoms. The molecule has 5 aliphatic carbocycles. The van der Waals surface area contributed by atoms with E-state index < -0.39 is 23.3 Å². The van der Waals surface area contributed by atoms with Gasteiger partial charge in [-0.05, 0) is 104 Å². The first kappa shape index (κ1) is 30.3. The van der Waals surface area contributed by atoms with Crippen molar-refractivity contribution in [1.29, 1.82) is 0 Å². The number of allylic oxidation sites excluding steroid dienone is 2. The molecule has 0 aromatic heterocycles. The van der Waals surface area contributed by atoms with Gasteiger partial charge < -0.3 is 14.9 Å². The van der Waals surface area contributed by atoms with Gasteiger partial charge in [-0.25, -0.2) is 0 Å². The number of ketones is 1. The summed E-state index contributed by atoms with van der Waals surface area (Å²) in [7, 11) is 0. The summed E-state index contributed by atoms with van der Waals surface area (Å²) in [6, 6.07) is 0. The van der Waals surface area contributed by atoms with E-state index in [1.165, 1.54) is 5.57 Å². The number of carboxylic acid groups (broad SMARTS) is 2. The molecule has 5 rings (SSSR count). The Morgan fingerprint density at radius 3 is 2.17 bits per heavy atom. The van der Waals surface area contributed by atoms with Crippen molar-refractivity contribution >= 4 is 23.7 Å². The average Bonchev–Trinajstić information content (AvgIpc) is 2.86. The minimum Gasteiger partial charge on any atom is -0.481 e. The van der Waals surface area contributed by atoms with Crippen molar-refractivity contribution in [3.8, 4) is 0 Å². The molecule has 2 unspecified atom stereocenters. The summed E-state index contributed by atoms with van der Waals surface area (Å²) in [6.45, 7) is 15.5. The third kappa shape index (κ3) is 4.25. The molecular weight excluding hydrogens is 520 g/mol. The number of rotatable bonds is 5. The fourth-order valence-electron chi connectivity index (χ4n) is 11.0. The summed E-state index contributed by atoms with van der Waals surface area (Å²) in [5.41, 5.74) is -0.553. The fourth-order valence-corrected chi connectivity index (χ4v) is 11.0. The first-order valence-corrected chi connectivity index (χ1v) is 15.7. The molecule has 0 heterocycles. The molecule has 228 valence electrons. The Hall–Kier alpha value is -2.18. The van der Waals surface area contributed by atoms with Crippen LogP contribution in [0.3, 0.4) is 0 Å². The van der Waals surface area contributed by atoms with E-state index in [9.17, 15) is 24.3 Å². The first-order chi connectivity index (χ1) is 18.8. The molecule has 0 aliphatic heterocycles. The minimum atomic E-state index is -1.01. The highest BCUT2D eigenvalue weighted by Gasteiger charge is 2.70. The van der Waals surface area contributed by atoms with Gasteiger partial charge in [-0.1, -0.05) is 47.1 Å². The summed E-state index contributed by atoms with van der Waals surface area (Å²) >= 11 is 0. The van der Waals surface area contributed by atoms with E-state index in [0.29, 0.717) is 19.3 Å². The molecule has 4 saturated carbocycles. The predicted molar refractivity (Wildman–Crippen MR) is 154 cm³/mol. The lowest BCUT2D eigenvalue weighted by molar-refractivity contribution is -0.211. The number of carbonyl (C=O) groups is 4. The number of carbonyl (C=O) groups excluding carboxylic acids is 2. The molecular formula is C34H50O7. The quantitative estimate of drug-likeness (QED) is 0.348. The molecule has 2 N–H and O–H groups in total. The molecule has 7 nitrogen and oxygen atoms in total. The van der Waals surface area contributed by atoms with Gasteiger partial charge in [0.2, 0.25) is 0 Å². The summed E-state index contributed by atoms with van der Waals surface area (Å²) in [4.78, 5) is 50.3. The standard InChI is InChI=1S/C34H50O7/c1-29(2)23-10-13-34(7)27(32(23,5)12-11-24(29)41-26(38)9-8-25(36)37)22(35)18-20-21-19-31(4,28(39)40)15-14-30(21,3)16-17-33(20,34)6/h18,21,23-24,27H,8-17,19H2,1-7H3,(H,36,37)(H,39,40)/t21-,23?,24+,27-,30-,31?,32+,33-,34-/m1/s1. The second kappa shape index (κ2) is 9.41. The van der Waals surface area contributed by atoms with Gasteiger partial charge in [0.25, 0.3) is 0 Å². The van der Waals surface area contributed by atoms with Crippen LogP contribution in [0, 0.1) is 50.2 Å². The second-order valence-corrected chi connectivity index (χ2v) is 16.3. The van der Waals surface area contributed by atoms with E-state index in [1.807, 2.05) is 13.0 Å². The molecule has 0 aromatic carbocycles. The summed E-state index contributed by atoms with van der Waals surface area (Å²) in [5, 5.41) is 19.1. The number of aliphatic carboxylic acids is 2. The number of ether oxygens (including phenoxy) is 1. The van der Waals surface area contributed by atoms with E-state index in [4.69, 9.17) is 9.84 Å². The molecule has 0 amide bonds. The van der Waals surface area contributed by atoms with Gasteiger partial charge in [-0.3, -0.25) is 19.2 Å². The zero-order valence-corrected chi connectivity index (χ0v) is 26.1. The lowest BCUT2D eigenvalue weighted by atomic mass is 9.33. The highest BCUT2D eigenvalue weighted by atomic mass is 16.5. The van der Waals surface area contributed by atoms with Crippen LogP contribution in [-0.4, -0.2) is 40.0 Å². The Morgan fingerprint density at radius 1 is 0.878 bits per heavy atom. The molecule has 5 aliphatic rings. The van der Waals surface area contributed by atoms with E-state index in [1.54, 1.807) is 0 Å². The van der Waals surface area contributed by atoms with Gasteiger partial charge >= 0.3 is 17.9 Å². The molecule has 9 atom stereocenters. The molecule has 7 heteroatoms. The van der Waals surface area contributed by atoms with E-state index in [-0.39, 0.29) is 69.6 Å². The van der Waals surface area contributed by atoms with E-state index in [2.05, 4.69) is 41.5 Å². The number of hydrogen-bond acceptors (Lipinski definition) is 5.